The monoisotopic (exact) mass is 261 g/mol. The maximum Gasteiger partial charge on any atom is 0.293 e. The van der Waals surface area contributed by atoms with Crippen LogP contribution in [0.3, 0.4) is 0 Å². The Bertz CT molecular complexity index is 474. The fraction of sp³-hybridized carbons (Fsp3) is 0.500. The Morgan fingerprint density at radius 2 is 2.00 bits per heavy atom. The summed E-state index contributed by atoms with van der Waals surface area (Å²) in [7, 11) is 0. The Balaban J connectivity index is 2.98. The summed E-state index contributed by atoms with van der Waals surface area (Å²) in [6.45, 7) is 4.19. The van der Waals surface area contributed by atoms with Gasteiger partial charge in [0.25, 0.3) is 5.69 Å². The summed E-state index contributed by atoms with van der Waals surface area (Å²) in [5.41, 5.74) is 0.770. The zero-order valence-corrected chi connectivity index (χ0v) is 11.3. The lowest BCUT2D eigenvalue weighted by atomic mass is 10.1. The molecule has 102 valence electrons. The average Bonchev–Trinajstić information content (AvgIpc) is 2.39. The van der Waals surface area contributed by atoms with Crippen LogP contribution >= 0.6 is 0 Å². The fourth-order valence-corrected chi connectivity index (χ4v) is 2.08. The number of benzene rings is 1. The van der Waals surface area contributed by atoms with Crippen LogP contribution in [0.15, 0.2) is 18.2 Å². The number of hydrogen-bond acceptors (Lipinski definition) is 4. The summed E-state index contributed by atoms with van der Waals surface area (Å²) >= 11 is 0. The molecule has 0 aliphatic rings. The summed E-state index contributed by atoms with van der Waals surface area (Å²) in [5, 5.41) is 23.1. The van der Waals surface area contributed by atoms with Crippen LogP contribution in [0.2, 0.25) is 0 Å². The van der Waals surface area contributed by atoms with Gasteiger partial charge in [0, 0.05) is 12.1 Å². The van der Waals surface area contributed by atoms with E-state index in [2.05, 4.69) is 19.2 Å². The van der Waals surface area contributed by atoms with E-state index in [1.165, 1.54) is 6.07 Å². The van der Waals surface area contributed by atoms with Crippen molar-refractivity contribution >= 4 is 11.4 Å². The molecule has 0 heterocycles. The topological polar surface area (TPSA) is 79.0 Å². The summed E-state index contributed by atoms with van der Waals surface area (Å²) in [5.74, 6) is 0. The molecule has 0 fully saturated rings. The Morgan fingerprint density at radius 1 is 1.37 bits per heavy atom. The van der Waals surface area contributed by atoms with Gasteiger partial charge < -0.3 is 5.32 Å². The first-order valence-electron chi connectivity index (χ1n) is 6.57. The number of rotatable bonds is 7. The minimum atomic E-state index is -0.446. The number of nitrogens with one attached hydrogen (secondary N) is 1. The average molecular weight is 261 g/mol. The molecule has 1 N–H and O–H groups in total. The molecule has 1 aromatic rings. The van der Waals surface area contributed by atoms with Crippen molar-refractivity contribution in [3.63, 3.8) is 0 Å². The maximum atomic E-state index is 11.0. The van der Waals surface area contributed by atoms with Crippen LogP contribution in [0.5, 0.6) is 0 Å². The number of nitro groups is 1. The van der Waals surface area contributed by atoms with E-state index >= 15 is 0 Å². The van der Waals surface area contributed by atoms with E-state index in [0.29, 0.717) is 11.3 Å². The highest BCUT2D eigenvalue weighted by Crippen LogP contribution is 2.27. The lowest BCUT2D eigenvalue weighted by Crippen LogP contribution is -2.19. The van der Waals surface area contributed by atoms with Gasteiger partial charge in [-0.25, -0.2) is 0 Å². The van der Waals surface area contributed by atoms with Crippen LogP contribution < -0.4 is 5.32 Å². The van der Waals surface area contributed by atoms with Gasteiger partial charge in [-0.1, -0.05) is 26.7 Å². The largest absolute Gasteiger partial charge is 0.377 e. The molecular weight excluding hydrogens is 242 g/mol. The van der Waals surface area contributed by atoms with E-state index in [9.17, 15) is 10.1 Å². The molecule has 0 spiro atoms. The fourth-order valence-electron chi connectivity index (χ4n) is 2.08. The third kappa shape index (κ3) is 4.25. The molecule has 0 aromatic heterocycles. The molecule has 5 heteroatoms. The molecule has 0 radical (unpaired) electrons. The van der Waals surface area contributed by atoms with Crippen LogP contribution in [-0.2, 0) is 0 Å². The molecule has 0 saturated heterocycles. The van der Waals surface area contributed by atoms with Gasteiger partial charge in [0.1, 0.15) is 5.69 Å². The van der Waals surface area contributed by atoms with E-state index in [4.69, 9.17) is 5.26 Å². The normalized spacial score (nSPS) is 10.2. The minimum absolute atomic E-state index is 0.0312. The first kappa shape index (κ1) is 15.0. The molecule has 19 heavy (non-hydrogen) atoms. The van der Waals surface area contributed by atoms with Crippen molar-refractivity contribution in [2.75, 3.05) is 5.32 Å². The van der Waals surface area contributed by atoms with E-state index in [0.717, 1.165) is 25.7 Å². The predicted molar refractivity (Wildman–Crippen MR) is 75.0 cm³/mol. The third-order valence-corrected chi connectivity index (χ3v) is 2.96. The predicted octanol–water partition coefficient (Wildman–Crippen LogP) is 3.85. The lowest BCUT2D eigenvalue weighted by molar-refractivity contribution is -0.384. The van der Waals surface area contributed by atoms with Crippen molar-refractivity contribution in [2.45, 2.75) is 45.6 Å². The standard InChI is InChI=1S/C14H19N3O2/c1-3-5-12(6-4-2)16-13-8-7-11(10-15)9-14(13)17(18)19/h7-9,12,16H,3-6H2,1-2H3. The second-order valence-electron chi connectivity index (χ2n) is 4.52. The SMILES string of the molecule is CCCC(CCC)Nc1ccc(C#N)cc1[N+](=O)[O-]. The van der Waals surface area contributed by atoms with Crippen LogP contribution in [0, 0.1) is 21.4 Å². The van der Waals surface area contributed by atoms with Gasteiger partial charge in [0.2, 0.25) is 0 Å². The van der Waals surface area contributed by atoms with Crippen molar-refractivity contribution in [3.8, 4) is 6.07 Å². The highest BCUT2D eigenvalue weighted by Gasteiger charge is 2.17. The van der Waals surface area contributed by atoms with Gasteiger partial charge in [-0.05, 0) is 25.0 Å². The molecule has 0 atom stereocenters. The van der Waals surface area contributed by atoms with E-state index in [-0.39, 0.29) is 11.7 Å². The lowest BCUT2D eigenvalue weighted by Gasteiger charge is -2.18. The van der Waals surface area contributed by atoms with Crippen LogP contribution in [-0.4, -0.2) is 11.0 Å². The summed E-state index contributed by atoms with van der Waals surface area (Å²) in [4.78, 5) is 10.6. The number of nitriles is 1. The zero-order chi connectivity index (χ0) is 14.3. The molecule has 5 nitrogen and oxygen atoms in total. The van der Waals surface area contributed by atoms with Crippen molar-refractivity contribution in [3.05, 3.63) is 33.9 Å². The second kappa shape index (κ2) is 7.37. The smallest absolute Gasteiger partial charge is 0.293 e. The van der Waals surface area contributed by atoms with Crippen molar-refractivity contribution in [1.29, 1.82) is 5.26 Å². The third-order valence-electron chi connectivity index (χ3n) is 2.96. The van der Waals surface area contributed by atoms with E-state index < -0.39 is 4.92 Å². The van der Waals surface area contributed by atoms with E-state index in [1.54, 1.807) is 12.1 Å². The molecule has 1 aromatic carbocycles. The zero-order valence-electron chi connectivity index (χ0n) is 11.3. The number of nitrogens with zero attached hydrogens (tertiary/aromatic N) is 2. The van der Waals surface area contributed by atoms with Crippen molar-refractivity contribution in [1.82, 2.24) is 0 Å². The molecule has 1 rings (SSSR count). The second-order valence-corrected chi connectivity index (χ2v) is 4.52. The van der Waals surface area contributed by atoms with Crippen LogP contribution in [0.1, 0.15) is 45.1 Å². The molecule has 0 saturated carbocycles. The van der Waals surface area contributed by atoms with Crippen LogP contribution in [0.4, 0.5) is 11.4 Å². The van der Waals surface area contributed by atoms with Gasteiger partial charge in [0.15, 0.2) is 0 Å². The Kier molecular flexibility index (Phi) is 5.80. The summed E-state index contributed by atoms with van der Waals surface area (Å²) in [6.07, 6.45) is 4.01. The van der Waals surface area contributed by atoms with Crippen molar-refractivity contribution < 1.29 is 4.92 Å². The molecular formula is C14H19N3O2. The summed E-state index contributed by atoms with van der Waals surface area (Å²) in [6, 6.07) is 6.70. The molecule has 0 aliphatic heterocycles. The first-order valence-corrected chi connectivity index (χ1v) is 6.57. The van der Waals surface area contributed by atoms with Gasteiger partial charge >= 0.3 is 0 Å². The van der Waals surface area contributed by atoms with Crippen molar-refractivity contribution in [2.24, 2.45) is 0 Å². The van der Waals surface area contributed by atoms with Gasteiger partial charge in [0.05, 0.1) is 16.6 Å². The maximum absolute atomic E-state index is 11.0. The number of hydrogen-bond donors (Lipinski definition) is 1. The quantitative estimate of drug-likeness (QED) is 0.597. The Labute approximate surface area is 113 Å². The number of nitro benzene ring substituents is 1. The van der Waals surface area contributed by atoms with Gasteiger partial charge in [-0.15, -0.1) is 0 Å². The van der Waals surface area contributed by atoms with E-state index in [1.807, 2.05) is 6.07 Å². The minimum Gasteiger partial charge on any atom is -0.377 e. The van der Waals surface area contributed by atoms with Gasteiger partial charge in [-0.3, -0.25) is 10.1 Å². The summed E-state index contributed by atoms with van der Waals surface area (Å²) < 4.78 is 0. The molecule has 0 aliphatic carbocycles. The highest BCUT2D eigenvalue weighted by atomic mass is 16.6. The highest BCUT2D eigenvalue weighted by molar-refractivity contribution is 5.64. The number of anilines is 1. The Hall–Kier alpha value is -2.09. The first-order chi connectivity index (χ1) is 9.12. The molecule has 0 bridgehead atoms. The molecule has 0 unspecified atom stereocenters. The Morgan fingerprint density at radius 3 is 2.47 bits per heavy atom. The van der Waals surface area contributed by atoms with Crippen LogP contribution in [0.25, 0.3) is 0 Å². The van der Waals surface area contributed by atoms with Gasteiger partial charge in [-0.2, -0.15) is 5.26 Å². The molecule has 0 amide bonds.